The van der Waals surface area contributed by atoms with Crippen LogP contribution < -0.4 is 0 Å². The van der Waals surface area contributed by atoms with Gasteiger partial charge in [0.05, 0.1) is 7.11 Å². The first-order valence-corrected chi connectivity index (χ1v) is 4.15. The summed E-state index contributed by atoms with van der Waals surface area (Å²) < 4.78 is 5.15. The Bertz CT molecular complexity index is 154. The molecule has 0 bridgehead atoms. The number of allylic oxidation sites excluding steroid dienone is 3. The molecule has 0 aromatic carbocycles. The summed E-state index contributed by atoms with van der Waals surface area (Å²) in [5.41, 5.74) is 1.35. The number of ether oxygens (including phenoxy) is 1. The Morgan fingerprint density at radius 2 is 2.00 bits per heavy atom. The second-order valence-corrected chi connectivity index (χ2v) is 2.56. The van der Waals surface area contributed by atoms with Gasteiger partial charge in [0, 0.05) is 0 Å². The molecule has 0 aliphatic rings. The van der Waals surface area contributed by atoms with Crippen LogP contribution in [0.4, 0.5) is 0 Å². The summed E-state index contributed by atoms with van der Waals surface area (Å²) in [6.45, 7) is 6.36. The minimum Gasteiger partial charge on any atom is -0.497 e. The van der Waals surface area contributed by atoms with Gasteiger partial charge in [-0.1, -0.05) is 19.4 Å². The summed E-state index contributed by atoms with van der Waals surface area (Å²) in [7, 11) is 1.71. The summed E-state index contributed by atoms with van der Waals surface area (Å²) in [6.07, 6.45) is 6.28. The van der Waals surface area contributed by atoms with Gasteiger partial charge in [-0.2, -0.15) is 0 Å². The molecule has 0 saturated heterocycles. The highest BCUT2D eigenvalue weighted by Gasteiger charge is 1.89. The van der Waals surface area contributed by atoms with E-state index in [4.69, 9.17) is 4.74 Å². The van der Waals surface area contributed by atoms with Crippen LogP contribution in [0.25, 0.3) is 0 Å². The van der Waals surface area contributed by atoms with Crippen molar-refractivity contribution < 1.29 is 4.74 Å². The molecule has 1 nitrogen and oxygen atoms in total. The Morgan fingerprint density at radius 3 is 2.36 bits per heavy atom. The molecule has 1 heteroatoms. The average Bonchev–Trinajstić information content (AvgIpc) is 2.03. The van der Waals surface area contributed by atoms with E-state index in [0.717, 1.165) is 18.6 Å². The Morgan fingerprint density at radius 1 is 1.36 bits per heavy atom. The van der Waals surface area contributed by atoms with E-state index in [0.29, 0.717) is 0 Å². The third-order valence-electron chi connectivity index (χ3n) is 1.59. The van der Waals surface area contributed by atoms with Crippen LogP contribution in [0, 0.1) is 0 Å². The monoisotopic (exact) mass is 154 g/mol. The molecule has 0 atom stereocenters. The first kappa shape index (κ1) is 10.3. The normalized spacial score (nSPS) is 13.5. The first-order chi connectivity index (χ1) is 5.24. The Balaban J connectivity index is 4.17. The van der Waals surface area contributed by atoms with Crippen molar-refractivity contribution in [2.45, 2.75) is 33.6 Å². The molecule has 0 radical (unpaired) electrons. The summed E-state index contributed by atoms with van der Waals surface area (Å²) in [6, 6.07) is 0. The molecule has 0 aromatic rings. The van der Waals surface area contributed by atoms with Crippen molar-refractivity contribution in [2.75, 3.05) is 7.11 Å². The fraction of sp³-hybridized carbons (Fsp3) is 0.600. The van der Waals surface area contributed by atoms with Crippen LogP contribution in [0.2, 0.25) is 0 Å². The van der Waals surface area contributed by atoms with Crippen LogP contribution in [0.3, 0.4) is 0 Å². The van der Waals surface area contributed by atoms with Crippen LogP contribution in [0.15, 0.2) is 23.5 Å². The van der Waals surface area contributed by atoms with Crippen molar-refractivity contribution in [1.82, 2.24) is 0 Å². The highest BCUT2D eigenvalue weighted by Crippen LogP contribution is 2.06. The molecule has 0 heterocycles. The van der Waals surface area contributed by atoms with Crippen LogP contribution in [0.5, 0.6) is 0 Å². The molecule has 11 heavy (non-hydrogen) atoms. The second-order valence-electron chi connectivity index (χ2n) is 2.56. The molecule has 0 fully saturated rings. The van der Waals surface area contributed by atoms with Gasteiger partial charge in [0.2, 0.25) is 0 Å². The zero-order valence-corrected chi connectivity index (χ0v) is 7.98. The lowest BCUT2D eigenvalue weighted by molar-refractivity contribution is 0.304. The van der Waals surface area contributed by atoms with Crippen LogP contribution in [-0.2, 0) is 4.74 Å². The highest BCUT2D eigenvalue weighted by atomic mass is 16.5. The van der Waals surface area contributed by atoms with Crippen molar-refractivity contribution in [3.05, 3.63) is 23.5 Å². The molecule has 0 saturated carbocycles. The lowest BCUT2D eigenvalue weighted by Gasteiger charge is -2.01. The van der Waals surface area contributed by atoms with Crippen molar-refractivity contribution in [1.29, 1.82) is 0 Å². The lowest BCUT2D eigenvalue weighted by Crippen LogP contribution is -1.83. The van der Waals surface area contributed by atoms with Gasteiger partial charge >= 0.3 is 0 Å². The zero-order chi connectivity index (χ0) is 8.69. The third-order valence-corrected chi connectivity index (χ3v) is 1.59. The van der Waals surface area contributed by atoms with E-state index < -0.39 is 0 Å². The summed E-state index contributed by atoms with van der Waals surface area (Å²) in [5.74, 6) is 0.979. The Kier molecular flexibility index (Phi) is 5.63. The van der Waals surface area contributed by atoms with Gasteiger partial charge in [0.15, 0.2) is 0 Å². The topological polar surface area (TPSA) is 9.23 Å². The Hall–Kier alpha value is -0.720. The van der Waals surface area contributed by atoms with E-state index in [2.05, 4.69) is 32.9 Å². The van der Waals surface area contributed by atoms with E-state index in [1.54, 1.807) is 7.11 Å². The largest absolute Gasteiger partial charge is 0.497 e. The van der Waals surface area contributed by atoms with Gasteiger partial charge in [-0.15, -0.1) is 0 Å². The Labute approximate surface area is 69.8 Å². The molecule has 0 spiro atoms. The van der Waals surface area contributed by atoms with Crippen molar-refractivity contribution >= 4 is 0 Å². The van der Waals surface area contributed by atoms with E-state index in [1.165, 1.54) is 5.57 Å². The molecular weight excluding hydrogens is 136 g/mol. The maximum absolute atomic E-state index is 5.15. The van der Waals surface area contributed by atoms with E-state index in [1.807, 2.05) is 0 Å². The summed E-state index contributed by atoms with van der Waals surface area (Å²) in [4.78, 5) is 0. The van der Waals surface area contributed by atoms with Gasteiger partial charge in [0.1, 0.15) is 5.76 Å². The SMILES string of the molecule is CC/C=C(\C=C(/C)CC)OC. The standard InChI is InChI=1S/C10H18O/c1-5-7-10(11-4)8-9(3)6-2/h7-8H,5-6H2,1-4H3/b9-8+,10-7+. The number of hydrogen-bond donors (Lipinski definition) is 0. The van der Waals surface area contributed by atoms with Crippen molar-refractivity contribution in [2.24, 2.45) is 0 Å². The number of rotatable bonds is 4. The lowest BCUT2D eigenvalue weighted by atomic mass is 10.2. The fourth-order valence-corrected chi connectivity index (χ4v) is 0.747. The molecule has 0 amide bonds. The smallest absolute Gasteiger partial charge is 0.114 e. The van der Waals surface area contributed by atoms with Gasteiger partial charge < -0.3 is 4.74 Å². The average molecular weight is 154 g/mol. The minimum atomic E-state index is 0.979. The molecule has 0 N–H and O–H groups in total. The minimum absolute atomic E-state index is 0.979. The van der Waals surface area contributed by atoms with Gasteiger partial charge in [-0.3, -0.25) is 0 Å². The zero-order valence-electron chi connectivity index (χ0n) is 7.98. The maximum Gasteiger partial charge on any atom is 0.114 e. The van der Waals surface area contributed by atoms with E-state index in [-0.39, 0.29) is 0 Å². The van der Waals surface area contributed by atoms with E-state index >= 15 is 0 Å². The predicted octanol–water partition coefficient (Wildman–Crippen LogP) is 3.28. The quantitative estimate of drug-likeness (QED) is 0.446. The summed E-state index contributed by atoms with van der Waals surface area (Å²) in [5, 5.41) is 0. The highest BCUT2D eigenvalue weighted by molar-refractivity contribution is 5.16. The van der Waals surface area contributed by atoms with Gasteiger partial charge in [0.25, 0.3) is 0 Å². The number of hydrogen-bond acceptors (Lipinski definition) is 1. The number of methoxy groups -OCH3 is 1. The van der Waals surface area contributed by atoms with E-state index in [9.17, 15) is 0 Å². The van der Waals surface area contributed by atoms with Crippen LogP contribution in [0.1, 0.15) is 33.6 Å². The van der Waals surface area contributed by atoms with Gasteiger partial charge in [-0.05, 0) is 31.9 Å². The molecule has 0 aliphatic carbocycles. The molecule has 0 aliphatic heterocycles. The molecule has 0 aromatic heterocycles. The molecule has 0 unspecified atom stereocenters. The second kappa shape index (κ2) is 6.02. The predicted molar refractivity (Wildman–Crippen MR) is 49.4 cm³/mol. The first-order valence-electron chi connectivity index (χ1n) is 4.15. The van der Waals surface area contributed by atoms with Crippen LogP contribution >= 0.6 is 0 Å². The molecule has 0 rings (SSSR count). The molecule has 64 valence electrons. The van der Waals surface area contributed by atoms with Crippen molar-refractivity contribution in [3.8, 4) is 0 Å². The van der Waals surface area contributed by atoms with Crippen molar-refractivity contribution in [3.63, 3.8) is 0 Å². The summed E-state index contributed by atoms with van der Waals surface area (Å²) >= 11 is 0. The van der Waals surface area contributed by atoms with Gasteiger partial charge in [-0.25, -0.2) is 0 Å². The maximum atomic E-state index is 5.15. The third kappa shape index (κ3) is 4.65. The fourth-order valence-electron chi connectivity index (χ4n) is 0.747. The van der Waals surface area contributed by atoms with Crippen LogP contribution in [-0.4, -0.2) is 7.11 Å². The molecular formula is C10H18O.